The first-order valence-corrected chi connectivity index (χ1v) is 8.40. The Morgan fingerprint density at radius 1 is 0.625 bits per heavy atom. The highest BCUT2D eigenvalue weighted by Crippen LogP contribution is 2.33. The van der Waals surface area contributed by atoms with Crippen molar-refractivity contribution in [2.45, 2.75) is 25.7 Å². The summed E-state index contributed by atoms with van der Waals surface area (Å²) in [5.74, 6) is 0.378. The molecule has 3 aromatic carbocycles. The monoisotopic (exact) mass is 314 g/mol. The van der Waals surface area contributed by atoms with Crippen LogP contribution in [0.15, 0.2) is 78.9 Å². The van der Waals surface area contributed by atoms with Gasteiger partial charge < -0.3 is 0 Å². The van der Waals surface area contributed by atoms with Crippen LogP contribution >= 0.6 is 0 Å². The fourth-order valence-electron chi connectivity index (χ4n) is 3.34. The normalized spacial score (nSPS) is 13.2. The lowest BCUT2D eigenvalue weighted by Crippen LogP contribution is -2.07. The Morgan fingerprint density at radius 2 is 1.04 bits per heavy atom. The first-order valence-electron chi connectivity index (χ1n) is 8.40. The van der Waals surface area contributed by atoms with Crippen LogP contribution in [0.5, 0.6) is 0 Å². The molecule has 1 nitrogen and oxygen atoms in total. The van der Waals surface area contributed by atoms with Gasteiger partial charge in [0.2, 0.25) is 0 Å². The smallest absolute Gasteiger partial charge is 0.150 e. The van der Waals surface area contributed by atoms with E-state index in [4.69, 9.17) is 0 Å². The van der Waals surface area contributed by atoms with Gasteiger partial charge in [-0.2, -0.15) is 0 Å². The summed E-state index contributed by atoms with van der Waals surface area (Å²) >= 11 is 0. The van der Waals surface area contributed by atoms with E-state index in [1.54, 1.807) is 0 Å². The van der Waals surface area contributed by atoms with Crippen molar-refractivity contribution in [2.24, 2.45) is 0 Å². The lowest BCUT2D eigenvalue weighted by Gasteiger charge is -2.20. The molecule has 0 N–H and O–H groups in total. The predicted molar refractivity (Wildman–Crippen MR) is 99.7 cm³/mol. The maximum Gasteiger partial charge on any atom is 0.150 e. The van der Waals surface area contributed by atoms with Gasteiger partial charge in [0.15, 0.2) is 6.29 Å². The summed E-state index contributed by atoms with van der Waals surface area (Å²) in [4.78, 5) is 11.9. The molecule has 0 spiro atoms. The van der Waals surface area contributed by atoms with Crippen molar-refractivity contribution in [3.63, 3.8) is 0 Å². The molecular formula is C23H22O. The number of hydrogen-bond acceptors (Lipinski definition) is 1. The zero-order valence-electron chi connectivity index (χ0n) is 14.1. The van der Waals surface area contributed by atoms with Crippen LogP contribution in [0.4, 0.5) is 0 Å². The third kappa shape index (κ3) is 3.16. The third-order valence-electron chi connectivity index (χ3n) is 4.82. The molecule has 3 aromatic rings. The van der Waals surface area contributed by atoms with Crippen LogP contribution in [0.1, 0.15) is 58.3 Å². The molecular weight excluding hydrogens is 292 g/mol. The van der Waals surface area contributed by atoms with Crippen LogP contribution in [0, 0.1) is 0 Å². The molecule has 0 saturated carbocycles. The van der Waals surface area contributed by atoms with E-state index in [0.29, 0.717) is 0 Å². The summed E-state index contributed by atoms with van der Waals surface area (Å²) in [7, 11) is 0. The van der Waals surface area contributed by atoms with Crippen LogP contribution in [0.3, 0.4) is 0 Å². The van der Waals surface area contributed by atoms with Crippen molar-refractivity contribution >= 4 is 6.29 Å². The number of hydrogen-bond donors (Lipinski definition) is 0. The molecule has 0 aliphatic carbocycles. The second-order valence-corrected chi connectivity index (χ2v) is 6.23. The van der Waals surface area contributed by atoms with Gasteiger partial charge in [0, 0.05) is 17.4 Å². The molecule has 0 bridgehead atoms. The van der Waals surface area contributed by atoms with Crippen molar-refractivity contribution < 1.29 is 4.79 Å². The Balaban J connectivity index is 2.05. The molecule has 0 amide bonds. The first kappa shape index (κ1) is 16.2. The van der Waals surface area contributed by atoms with E-state index in [-0.39, 0.29) is 11.8 Å². The van der Waals surface area contributed by atoms with Gasteiger partial charge in [0.05, 0.1) is 0 Å². The van der Waals surface area contributed by atoms with Crippen molar-refractivity contribution in [1.82, 2.24) is 0 Å². The van der Waals surface area contributed by atoms with Gasteiger partial charge >= 0.3 is 0 Å². The van der Waals surface area contributed by atoms with Gasteiger partial charge in [-0.25, -0.2) is 0 Å². The van der Waals surface area contributed by atoms with Crippen molar-refractivity contribution in [3.8, 4) is 0 Å². The average molecular weight is 314 g/mol. The molecule has 0 aliphatic heterocycles. The molecule has 3 rings (SSSR count). The highest BCUT2D eigenvalue weighted by molar-refractivity contribution is 5.81. The molecule has 1 heteroatoms. The van der Waals surface area contributed by atoms with E-state index in [0.717, 1.165) is 23.0 Å². The van der Waals surface area contributed by atoms with E-state index in [2.05, 4.69) is 56.3 Å². The van der Waals surface area contributed by atoms with Gasteiger partial charge in [0.1, 0.15) is 0 Å². The van der Waals surface area contributed by atoms with Crippen LogP contribution in [-0.4, -0.2) is 6.29 Å². The molecule has 0 aliphatic rings. The zero-order chi connectivity index (χ0) is 16.9. The minimum Gasteiger partial charge on any atom is -0.298 e. The van der Waals surface area contributed by atoms with E-state index in [1.165, 1.54) is 11.1 Å². The minimum atomic E-state index is 0.189. The summed E-state index contributed by atoms with van der Waals surface area (Å²) in [6.45, 7) is 4.32. The number of benzene rings is 3. The van der Waals surface area contributed by atoms with Crippen molar-refractivity contribution in [2.75, 3.05) is 0 Å². The minimum absolute atomic E-state index is 0.189. The molecule has 0 heterocycles. The Hall–Kier alpha value is -2.67. The summed E-state index contributed by atoms with van der Waals surface area (Å²) < 4.78 is 0. The molecule has 2 atom stereocenters. The topological polar surface area (TPSA) is 17.1 Å². The SMILES string of the molecule is CC(c1ccccc1)c1cccc(C(C)c2ccccc2)c1C=O. The molecule has 0 fully saturated rings. The van der Waals surface area contributed by atoms with Gasteiger partial charge in [0.25, 0.3) is 0 Å². The van der Waals surface area contributed by atoms with Gasteiger partial charge in [-0.1, -0.05) is 92.7 Å². The Morgan fingerprint density at radius 3 is 1.42 bits per heavy atom. The van der Waals surface area contributed by atoms with E-state index in [9.17, 15) is 4.79 Å². The standard InChI is InChI=1S/C23H22O/c1-17(19-10-5-3-6-11-19)21-14-9-15-22(23(21)16-24)18(2)20-12-7-4-8-13-20/h3-18H,1-2H3. The number of rotatable bonds is 5. The van der Waals surface area contributed by atoms with Crippen LogP contribution in [-0.2, 0) is 0 Å². The third-order valence-corrected chi connectivity index (χ3v) is 4.82. The second-order valence-electron chi connectivity index (χ2n) is 6.23. The fraction of sp³-hybridized carbons (Fsp3) is 0.174. The number of carbonyl (C=O) groups is 1. The summed E-state index contributed by atoms with van der Waals surface area (Å²) in [6, 6.07) is 26.9. The van der Waals surface area contributed by atoms with Crippen molar-refractivity contribution in [1.29, 1.82) is 0 Å². The average Bonchev–Trinajstić information content (AvgIpc) is 2.67. The second kappa shape index (κ2) is 7.27. The van der Waals surface area contributed by atoms with Crippen LogP contribution in [0.2, 0.25) is 0 Å². The predicted octanol–water partition coefficient (Wildman–Crippen LogP) is 5.80. The summed E-state index contributed by atoms with van der Waals surface area (Å²) in [5, 5.41) is 0. The molecule has 0 radical (unpaired) electrons. The lowest BCUT2D eigenvalue weighted by atomic mass is 9.83. The number of aldehydes is 1. The van der Waals surface area contributed by atoms with E-state index < -0.39 is 0 Å². The molecule has 0 saturated heterocycles. The largest absolute Gasteiger partial charge is 0.298 e. The molecule has 24 heavy (non-hydrogen) atoms. The van der Waals surface area contributed by atoms with Gasteiger partial charge in [-0.05, 0) is 22.3 Å². The highest BCUT2D eigenvalue weighted by Gasteiger charge is 2.19. The summed E-state index contributed by atoms with van der Waals surface area (Å²) in [6.07, 6.45) is 1.02. The summed E-state index contributed by atoms with van der Waals surface area (Å²) in [5.41, 5.74) is 5.47. The maximum atomic E-state index is 11.9. The number of carbonyl (C=O) groups excluding carboxylic acids is 1. The fourth-order valence-corrected chi connectivity index (χ4v) is 3.34. The van der Waals surface area contributed by atoms with Gasteiger partial charge in [-0.15, -0.1) is 0 Å². The molecule has 2 unspecified atom stereocenters. The highest BCUT2D eigenvalue weighted by atomic mass is 16.1. The first-order chi connectivity index (χ1) is 11.7. The van der Waals surface area contributed by atoms with Gasteiger partial charge in [-0.3, -0.25) is 4.79 Å². The molecule has 0 aromatic heterocycles. The Bertz CT molecular complexity index is 742. The Labute approximate surface area is 144 Å². The van der Waals surface area contributed by atoms with E-state index in [1.807, 2.05) is 36.4 Å². The molecule has 120 valence electrons. The van der Waals surface area contributed by atoms with Crippen LogP contribution in [0.25, 0.3) is 0 Å². The van der Waals surface area contributed by atoms with E-state index >= 15 is 0 Å². The Kier molecular flexibility index (Phi) is 4.90. The lowest BCUT2D eigenvalue weighted by molar-refractivity contribution is 0.112. The quantitative estimate of drug-likeness (QED) is 0.544. The van der Waals surface area contributed by atoms with Crippen LogP contribution < -0.4 is 0 Å². The van der Waals surface area contributed by atoms with Crippen molar-refractivity contribution in [3.05, 3.63) is 107 Å². The zero-order valence-corrected chi connectivity index (χ0v) is 14.1. The maximum absolute atomic E-state index is 11.9.